The fraction of sp³-hybridized carbons (Fsp3) is 0.550. The number of hydrogen-bond acceptors (Lipinski definition) is 4. The molecule has 2 aromatic rings. The first kappa shape index (κ1) is 18.4. The van der Waals surface area contributed by atoms with E-state index in [9.17, 15) is 0 Å². The van der Waals surface area contributed by atoms with Crippen molar-refractivity contribution in [3.05, 3.63) is 35.5 Å². The molecule has 0 radical (unpaired) electrons. The van der Waals surface area contributed by atoms with E-state index in [4.69, 9.17) is 11.6 Å². The second kappa shape index (κ2) is 9.37. The summed E-state index contributed by atoms with van der Waals surface area (Å²) < 4.78 is 0. The topological polar surface area (TPSA) is 40.2 Å². The monoisotopic (exact) mass is 360 g/mol. The van der Waals surface area contributed by atoms with Crippen LogP contribution in [0.1, 0.15) is 32.6 Å². The van der Waals surface area contributed by atoms with Crippen molar-refractivity contribution in [1.82, 2.24) is 15.2 Å². The maximum Gasteiger partial charge on any atom is 0.0737 e. The van der Waals surface area contributed by atoms with Crippen LogP contribution in [0.3, 0.4) is 0 Å². The minimum absolute atomic E-state index is 0.432. The van der Waals surface area contributed by atoms with E-state index in [1.165, 1.54) is 38.9 Å². The lowest BCUT2D eigenvalue weighted by atomic mass is 10.1. The van der Waals surface area contributed by atoms with Gasteiger partial charge in [-0.2, -0.15) is 0 Å². The van der Waals surface area contributed by atoms with Crippen LogP contribution in [-0.2, 0) is 0 Å². The summed E-state index contributed by atoms with van der Waals surface area (Å²) in [6.07, 6.45) is 6.92. The van der Waals surface area contributed by atoms with Crippen LogP contribution >= 0.6 is 11.6 Å². The first-order chi connectivity index (χ1) is 12.2. The molecule has 1 aliphatic heterocycles. The van der Waals surface area contributed by atoms with Crippen LogP contribution in [0.5, 0.6) is 0 Å². The summed E-state index contributed by atoms with van der Waals surface area (Å²) in [6, 6.07) is 8.35. The predicted molar refractivity (Wildman–Crippen MR) is 108 cm³/mol. The van der Waals surface area contributed by atoms with Crippen molar-refractivity contribution in [3.63, 3.8) is 0 Å². The van der Waals surface area contributed by atoms with Crippen molar-refractivity contribution in [1.29, 1.82) is 0 Å². The number of anilines is 1. The van der Waals surface area contributed by atoms with Crippen molar-refractivity contribution < 1.29 is 0 Å². The summed E-state index contributed by atoms with van der Waals surface area (Å²) in [5.41, 5.74) is 2.07. The van der Waals surface area contributed by atoms with Gasteiger partial charge in [0.25, 0.3) is 0 Å². The lowest BCUT2D eigenvalue weighted by Crippen LogP contribution is -2.30. The molecule has 136 valence electrons. The number of rotatable bonds is 9. The van der Waals surface area contributed by atoms with E-state index in [-0.39, 0.29) is 0 Å². The van der Waals surface area contributed by atoms with Gasteiger partial charge in [0, 0.05) is 41.4 Å². The van der Waals surface area contributed by atoms with Gasteiger partial charge in [-0.3, -0.25) is 4.98 Å². The molecule has 1 fully saturated rings. The largest absolute Gasteiger partial charge is 0.382 e. The standard InChI is InChI=1S/C20H29ClN4/c1-16(5-4-9-22-11-14-25-12-2-3-13-25)24-19-8-10-23-20-15-17(21)6-7-18(19)20/h6-8,10,15-16,22H,2-5,9,11-14H2,1H3,(H,23,24). The summed E-state index contributed by atoms with van der Waals surface area (Å²) in [5.74, 6) is 0. The van der Waals surface area contributed by atoms with Crippen LogP contribution in [0, 0.1) is 0 Å². The molecule has 0 bridgehead atoms. The summed E-state index contributed by atoms with van der Waals surface area (Å²) in [6.45, 7) is 8.21. The summed E-state index contributed by atoms with van der Waals surface area (Å²) in [5, 5.41) is 9.05. The molecule has 25 heavy (non-hydrogen) atoms. The molecule has 3 rings (SSSR count). The molecule has 1 unspecified atom stereocenters. The third-order valence-electron chi connectivity index (χ3n) is 4.90. The average Bonchev–Trinajstić information content (AvgIpc) is 3.11. The number of aromatic nitrogens is 1. The van der Waals surface area contributed by atoms with Gasteiger partial charge in [-0.25, -0.2) is 0 Å². The maximum atomic E-state index is 6.06. The van der Waals surface area contributed by atoms with Gasteiger partial charge < -0.3 is 15.5 Å². The zero-order valence-corrected chi connectivity index (χ0v) is 15.9. The van der Waals surface area contributed by atoms with Crippen LogP contribution in [0.4, 0.5) is 5.69 Å². The number of nitrogens with one attached hydrogen (secondary N) is 2. The Bertz CT molecular complexity index is 670. The fourth-order valence-corrected chi connectivity index (χ4v) is 3.65. The maximum absolute atomic E-state index is 6.06. The molecule has 0 aliphatic carbocycles. The van der Waals surface area contributed by atoms with Crippen LogP contribution in [0.15, 0.2) is 30.5 Å². The second-order valence-electron chi connectivity index (χ2n) is 7.01. The number of nitrogens with zero attached hydrogens (tertiary/aromatic N) is 2. The zero-order valence-electron chi connectivity index (χ0n) is 15.1. The molecule has 0 spiro atoms. The van der Waals surface area contributed by atoms with E-state index in [1.54, 1.807) is 0 Å². The summed E-state index contributed by atoms with van der Waals surface area (Å²) in [4.78, 5) is 6.95. The normalized spacial score (nSPS) is 16.4. The highest BCUT2D eigenvalue weighted by molar-refractivity contribution is 6.31. The molecule has 1 aliphatic rings. The van der Waals surface area contributed by atoms with E-state index in [0.29, 0.717) is 6.04 Å². The summed E-state index contributed by atoms with van der Waals surface area (Å²) in [7, 11) is 0. The molecular weight excluding hydrogens is 332 g/mol. The Morgan fingerprint density at radius 2 is 2.04 bits per heavy atom. The number of hydrogen-bond donors (Lipinski definition) is 2. The SMILES string of the molecule is CC(CCCNCCN1CCCC1)Nc1ccnc2cc(Cl)ccc12. The molecule has 0 saturated carbocycles. The van der Waals surface area contributed by atoms with E-state index < -0.39 is 0 Å². The number of halogens is 1. The van der Waals surface area contributed by atoms with Crippen LogP contribution < -0.4 is 10.6 Å². The summed E-state index contributed by atoms with van der Waals surface area (Å²) >= 11 is 6.06. The number of benzene rings is 1. The number of pyridine rings is 1. The molecule has 2 heterocycles. The second-order valence-corrected chi connectivity index (χ2v) is 7.44. The minimum atomic E-state index is 0.432. The van der Waals surface area contributed by atoms with E-state index in [0.717, 1.165) is 41.1 Å². The third kappa shape index (κ3) is 5.56. The Balaban J connectivity index is 1.38. The van der Waals surface area contributed by atoms with Crippen molar-refractivity contribution in [2.45, 2.75) is 38.6 Å². The van der Waals surface area contributed by atoms with Gasteiger partial charge in [0.2, 0.25) is 0 Å². The third-order valence-corrected chi connectivity index (χ3v) is 5.14. The van der Waals surface area contributed by atoms with Gasteiger partial charge in [0.15, 0.2) is 0 Å². The van der Waals surface area contributed by atoms with Gasteiger partial charge >= 0.3 is 0 Å². The fourth-order valence-electron chi connectivity index (χ4n) is 3.49. The van der Waals surface area contributed by atoms with Crippen molar-refractivity contribution >= 4 is 28.2 Å². The lowest BCUT2D eigenvalue weighted by molar-refractivity contribution is 0.335. The Hall–Kier alpha value is -1.36. The van der Waals surface area contributed by atoms with E-state index in [1.807, 2.05) is 30.5 Å². The molecule has 1 aromatic heterocycles. The van der Waals surface area contributed by atoms with E-state index in [2.05, 4.69) is 27.4 Å². The molecule has 2 N–H and O–H groups in total. The first-order valence-electron chi connectivity index (χ1n) is 9.46. The highest BCUT2D eigenvalue weighted by atomic mass is 35.5. The van der Waals surface area contributed by atoms with Crippen LogP contribution in [-0.4, -0.2) is 48.6 Å². The Kier molecular flexibility index (Phi) is 6.91. The highest BCUT2D eigenvalue weighted by Crippen LogP contribution is 2.25. The van der Waals surface area contributed by atoms with Gasteiger partial charge in [-0.1, -0.05) is 11.6 Å². The predicted octanol–water partition coefficient (Wildman–Crippen LogP) is 4.15. The Labute approximate surface area is 156 Å². The Morgan fingerprint density at radius 3 is 2.88 bits per heavy atom. The molecule has 4 nitrogen and oxygen atoms in total. The lowest BCUT2D eigenvalue weighted by Gasteiger charge is -2.17. The van der Waals surface area contributed by atoms with Crippen LogP contribution in [0.25, 0.3) is 10.9 Å². The van der Waals surface area contributed by atoms with Crippen molar-refractivity contribution in [2.75, 3.05) is 38.0 Å². The van der Waals surface area contributed by atoms with Gasteiger partial charge in [0.1, 0.15) is 0 Å². The zero-order chi connectivity index (χ0) is 17.5. The van der Waals surface area contributed by atoms with Crippen molar-refractivity contribution in [3.8, 4) is 0 Å². The molecule has 1 saturated heterocycles. The van der Waals surface area contributed by atoms with Gasteiger partial charge in [-0.15, -0.1) is 0 Å². The Morgan fingerprint density at radius 1 is 1.20 bits per heavy atom. The van der Waals surface area contributed by atoms with Gasteiger partial charge in [-0.05, 0) is 76.5 Å². The molecule has 0 amide bonds. The minimum Gasteiger partial charge on any atom is -0.382 e. The first-order valence-corrected chi connectivity index (χ1v) is 9.84. The number of fused-ring (bicyclic) bond motifs is 1. The quantitative estimate of drug-likeness (QED) is 0.659. The van der Waals surface area contributed by atoms with Crippen molar-refractivity contribution in [2.24, 2.45) is 0 Å². The molecule has 5 heteroatoms. The number of likely N-dealkylation sites (tertiary alicyclic amines) is 1. The average molecular weight is 361 g/mol. The smallest absolute Gasteiger partial charge is 0.0737 e. The van der Waals surface area contributed by atoms with Crippen LogP contribution in [0.2, 0.25) is 5.02 Å². The molecule has 1 atom stereocenters. The highest BCUT2D eigenvalue weighted by Gasteiger charge is 2.10. The molecular formula is C20H29ClN4. The van der Waals surface area contributed by atoms with Gasteiger partial charge in [0.05, 0.1) is 5.52 Å². The van der Waals surface area contributed by atoms with E-state index >= 15 is 0 Å². The molecule has 1 aromatic carbocycles.